The Kier molecular flexibility index (Phi) is 4.26. The van der Waals surface area contributed by atoms with E-state index in [0.717, 1.165) is 0 Å². The highest BCUT2D eigenvalue weighted by Gasteiger charge is 2.27. The number of hydrogen-bond donors (Lipinski definition) is 1. The molecule has 0 saturated heterocycles. The van der Waals surface area contributed by atoms with Crippen molar-refractivity contribution in [1.29, 1.82) is 0 Å². The van der Waals surface area contributed by atoms with Crippen molar-refractivity contribution >= 4 is 11.6 Å². The van der Waals surface area contributed by atoms with Gasteiger partial charge in [-0.3, -0.25) is 4.79 Å². The standard InChI is InChI=1S/C11H10F5NO/c1-3-4(2)11(18)17-10-8(15)6(13)5(12)7(14)9(10)16/h4H,3H2,1-2H3,(H,17,18). The lowest BCUT2D eigenvalue weighted by molar-refractivity contribution is -0.119. The van der Waals surface area contributed by atoms with Crippen LogP contribution >= 0.6 is 0 Å². The van der Waals surface area contributed by atoms with E-state index < -0.39 is 46.6 Å². The van der Waals surface area contributed by atoms with Gasteiger partial charge in [0.05, 0.1) is 0 Å². The molecule has 0 aliphatic carbocycles. The van der Waals surface area contributed by atoms with Gasteiger partial charge in [0.25, 0.3) is 0 Å². The van der Waals surface area contributed by atoms with Crippen molar-refractivity contribution < 1.29 is 26.7 Å². The molecule has 0 radical (unpaired) electrons. The van der Waals surface area contributed by atoms with Crippen molar-refractivity contribution in [3.63, 3.8) is 0 Å². The van der Waals surface area contributed by atoms with Crippen LogP contribution in [0.15, 0.2) is 0 Å². The number of rotatable bonds is 3. The molecule has 1 unspecified atom stereocenters. The number of benzene rings is 1. The summed E-state index contributed by atoms with van der Waals surface area (Å²) < 4.78 is 64.8. The molecule has 1 atom stereocenters. The molecule has 0 aliphatic rings. The van der Waals surface area contributed by atoms with Crippen LogP contribution in [0.4, 0.5) is 27.6 Å². The van der Waals surface area contributed by atoms with Crippen LogP contribution in [-0.2, 0) is 4.79 Å². The molecule has 18 heavy (non-hydrogen) atoms. The predicted molar refractivity (Wildman–Crippen MR) is 54.3 cm³/mol. The summed E-state index contributed by atoms with van der Waals surface area (Å²) in [7, 11) is 0. The molecule has 0 saturated carbocycles. The van der Waals surface area contributed by atoms with E-state index in [9.17, 15) is 26.7 Å². The van der Waals surface area contributed by atoms with Gasteiger partial charge in [-0.2, -0.15) is 0 Å². The molecule has 0 aliphatic heterocycles. The SMILES string of the molecule is CCC(C)C(=O)Nc1c(F)c(F)c(F)c(F)c1F. The number of carbonyl (C=O) groups is 1. The highest BCUT2D eigenvalue weighted by molar-refractivity contribution is 5.92. The first-order valence-electron chi connectivity index (χ1n) is 5.13. The maximum absolute atomic E-state index is 13.2. The Morgan fingerprint density at radius 2 is 1.39 bits per heavy atom. The summed E-state index contributed by atoms with van der Waals surface area (Å²) in [5, 5.41) is 1.70. The normalized spacial score (nSPS) is 12.4. The Morgan fingerprint density at radius 1 is 1.00 bits per heavy atom. The van der Waals surface area contributed by atoms with Gasteiger partial charge in [-0.25, -0.2) is 22.0 Å². The Bertz CT molecular complexity index is 460. The van der Waals surface area contributed by atoms with E-state index in [0.29, 0.717) is 6.42 Å². The molecule has 1 N–H and O–H groups in total. The van der Waals surface area contributed by atoms with Gasteiger partial charge in [0.15, 0.2) is 23.3 Å². The monoisotopic (exact) mass is 267 g/mol. The molecule has 2 nitrogen and oxygen atoms in total. The third-order valence-corrected chi connectivity index (χ3v) is 2.52. The van der Waals surface area contributed by atoms with Gasteiger partial charge in [0, 0.05) is 5.92 Å². The molecule has 1 amide bonds. The van der Waals surface area contributed by atoms with E-state index in [4.69, 9.17) is 0 Å². The maximum atomic E-state index is 13.2. The minimum atomic E-state index is -2.26. The fourth-order valence-corrected chi connectivity index (χ4v) is 1.15. The van der Waals surface area contributed by atoms with E-state index in [1.165, 1.54) is 6.92 Å². The van der Waals surface area contributed by atoms with Crippen molar-refractivity contribution in [2.24, 2.45) is 5.92 Å². The third-order valence-electron chi connectivity index (χ3n) is 2.52. The van der Waals surface area contributed by atoms with Crippen molar-refractivity contribution in [2.45, 2.75) is 20.3 Å². The average Bonchev–Trinajstić information content (AvgIpc) is 2.37. The van der Waals surface area contributed by atoms with E-state index in [-0.39, 0.29) is 0 Å². The van der Waals surface area contributed by atoms with Gasteiger partial charge < -0.3 is 5.32 Å². The van der Waals surface area contributed by atoms with Crippen LogP contribution in [0, 0.1) is 35.0 Å². The van der Waals surface area contributed by atoms with E-state index >= 15 is 0 Å². The predicted octanol–water partition coefficient (Wildman–Crippen LogP) is 3.37. The van der Waals surface area contributed by atoms with Gasteiger partial charge in [-0.05, 0) is 6.42 Å². The smallest absolute Gasteiger partial charge is 0.227 e. The lowest BCUT2D eigenvalue weighted by atomic mass is 10.1. The number of halogens is 5. The molecule has 1 rings (SSSR count). The molecule has 0 fully saturated rings. The fraction of sp³-hybridized carbons (Fsp3) is 0.364. The molecular weight excluding hydrogens is 257 g/mol. The lowest BCUT2D eigenvalue weighted by Crippen LogP contribution is -2.22. The van der Waals surface area contributed by atoms with Gasteiger partial charge in [-0.1, -0.05) is 13.8 Å². The second kappa shape index (κ2) is 5.32. The number of hydrogen-bond acceptors (Lipinski definition) is 1. The van der Waals surface area contributed by atoms with Crippen LogP contribution in [0.25, 0.3) is 0 Å². The molecule has 0 spiro atoms. The zero-order chi connectivity index (χ0) is 14.0. The molecular formula is C11H10F5NO. The summed E-state index contributed by atoms with van der Waals surface area (Å²) in [6, 6.07) is 0. The topological polar surface area (TPSA) is 29.1 Å². The van der Waals surface area contributed by atoms with E-state index in [2.05, 4.69) is 0 Å². The molecule has 1 aromatic carbocycles. The molecule has 100 valence electrons. The number of amides is 1. The van der Waals surface area contributed by atoms with Gasteiger partial charge in [0.1, 0.15) is 5.69 Å². The average molecular weight is 267 g/mol. The van der Waals surface area contributed by atoms with Crippen molar-refractivity contribution in [3.8, 4) is 0 Å². The maximum Gasteiger partial charge on any atom is 0.227 e. The number of nitrogens with one attached hydrogen (secondary N) is 1. The minimum Gasteiger partial charge on any atom is -0.321 e. The van der Waals surface area contributed by atoms with Crippen LogP contribution < -0.4 is 5.32 Å². The Balaban J connectivity index is 3.22. The van der Waals surface area contributed by atoms with Crippen molar-refractivity contribution in [2.75, 3.05) is 5.32 Å². The third kappa shape index (κ3) is 2.44. The minimum absolute atomic E-state index is 0.362. The van der Waals surface area contributed by atoms with E-state index in [1.807, 2.05) is 0 Å². The largest absolute Gasteiger partial charge is 0.321 e. The molecule has 7 heteroatoms. The quantitative estimate of drug-likeness (QED) is 0.508. The van der Waals surface area contributed by atoms with Crippen LogP contribution in [0.5, 0.6) is 0 Å². The first-order chi connectivity index (χ1) is 8.31. The van der Waals surface area contributed by atoms with Crippen LogP contribution in [0.2, 0.25) is 0 Å². The van der Waals surface area contributed by atoms with Gasteiger partial charge >= 0.3 is 0 Å². The highest BCUT2D eigenvalue weighted by atomic mass is 19.2. The zero-order valence-corrected chi connectivity index (χ0v) is 9.58. The Morgan fingerprint density at radius 3 is 1.78 bits per heavy atom. The summed E-state index contributed by atoms with van der Waals surface area (Å²) in [6.07, 6.45) is 0.362. The number of carbonyl (C=O) groups excluding carboxylic acids is 1. The van der Waals surface area contributed by atoms with Crippen molar-refractivity contribution in [3.05, 3.63) is 29.1 Å². The van der Waals surface area contributed by atoms with E-state index in [1.54, 1.807) is 12.2 Å². The van der Waals surface area contributed by atoms with Gasteiger partial charge in [-0.15, -0.1) is 0 Å². The number of anilines is 1. The Labute approximate surface area is 99.8 Å². The second-order valence-electron chi connectivity index (χ2n) is 3.74. The Hall–Kier alpha value is -1.66. The summed E-state index contributed by atoms with van der Waals surface area (Å²) in [5.74, 6) is -12.0. The molecule has 0 bridgehead atoms. The van der Waals surface area contributed by atoms with Crippen LogP contribution in [0.1, 0.15) is 20.3 Å². The van der Waals surface area contributed by atoms with Crippen LogP contribution in [-0.4, -0.2) is 5.91 Å². The fourth-order valence-electron chi connectivity index (χ4n) is 1.15. The first kappa shape index (κ1) is 14.4. The zero-order valence-electron chi connectivity index (χ0n) is 9.58. The second-order valence-corrected chi connectivity index (χ2v) is 3.74. The summed E-state index contributed by atoms with van der Waals surface area (Å²) in [5.41, 5.74) is -1.32. The highest BCUT2D eigenvalue weighted by Crippen LogP contribution is 2.27. The summed E-state index contributed by atoms with van der Waals surface area (Å²) in [4.78, 5) is 11.4. The molecule has 0 aromatic heterocycles. The van der Waals surface area contributed by atoms with Crippen LogP contribution in [0.3, 0.4) is 0 Å². The van der Waals surface area contributed by atoms with Gasteiger partial charge in [0.2, 0.25) is 11.7 Å². The summed E-state index contributed by atoms with van der Waals surface area (Å²) >= 11 is 0. The first-order valence-corrected chi connectivity index (χ1v) is 5.13. The molecule has 0 heterocycles. The summed E-state index contributed by atoms with van der Waals surface area (Å²) in [6.45, 7) is 3.10. The van der Waals surface area contributed by atoms with Crippen molar-refractivity contribution in [1.82, 2.24) is 0 Å². The lowest BCUT2D eigenvalue weighted by Gasteiger charge is -2.12. The molecule has 1 aromatic rings.